The van der Waals surface area contributed by atoms with E-state index in [-0.39, 0.29) is 0 Å². The topological polar surface area (TPSA) is 42.3 Å². The molecule has 1 aromatic carbocycles. The molecule has 0 aliphatic heterocycles. The Hall–Kier alpha value is -2.11. The Balaban J connectivity index is 2.02. The fourth-order valence-electron chi connectivity index (χ4n) is 1.92. The molecule has 3 aromatic rings. The van der Waals surface area contributed by atoms with Gasteiger partial charge in [0.05, 0.1) is 15.5 Å². The molecule has 5 heteroatoms. The van der Waals surface area contributed by atoms with Crippen molar-refractivity contribution in [3.05, 3.63) is 82.3 Å². The van der Waals surface area contributed by atoms with Crippen LogP contribution >= 0.6 is 11.3 Å². The fourth-order valence-corrected chi connectivity index (χ4v) is 3.54. The van der Waals surface area contributed by atoms with E-state index in [9.17, 15) is 4.21 Å². The predicted octanol–water partition coefficient (Wildman–Crippen LogP) is 4.01. The van der Waals surface area contributed by atoms with Crippen molar-refractivity contribution in [3.63, 3.8) is 0 Å². The average molecular weight is 326 g/mol. The highest BCUT2D eigenvalue weighted by molar-refractivity contribution is 7.84. The molecule has 0 N–H and O–H groups in total. The molecule has 0 fully saturated rings. The van der Waals surface area contributed by atoms with Gasteiger partial charge in [-0.15, -0.1) is 11.3 Å². The molecular weight excluding hydrogens is 312 g/mol. The summed E-state index contributed by atoms with van der Waals surface area (Å²) in [5, 5.41) is 1.97. The summed E-state index contributed by atoms with van der Waals surface area (Å²) in [7, 11) is -1.45. The van der Waals surface area contributed by atoms with Gasteiger partial charge in [0.1, 0.15) is 5.71 Å². The Bertz CT molecular complexity index is 794. The van der Waals surface area contributed by atoms with Gasteiger partial charge >= 0.3 is 0 Å². The Morgan fingerprint density at radius 2 is 1.91 bits per heavy atom. The first-order valence-electron chi connectivity index (χ1n) is 6.76. The first-order chi connectivity index (χ1) is 10.7. The molecule has 1 atom stereocenters. The van der Waals surface area contributed by atoms with Gasteiger partial charge in [0.25, 0.3) is 0 Å². The van der Waals surface area contributed by atoms with Crippen molar-refractivity contribution in [1.82, 2.24) is 4.98 Å². The van der Waals surface area contributed by atoms with Gasteiger partial charge in [-0.05, 0) is 42.6 Å². The third-order valence-corrected chi connectivity index (χ3v) is 4.96. The highest BCUT2D eigenvalue weighted by Crippen LogP contribution is 2.18. The summed E-state index contributed by atoms with van der Waals surface area (Å²) in [6.45, 7) is 2.00. The molecule has 0 amide bonds. The lowest BCUT2D eigenvalue weighted by molar-refractivity contribution is 0.684. The fraction of sp³-hybridized carbons (Fsp3) is 0.0588. The van der Waals surface area contributed by atoms with Crippen LogP contribution in [0.5, 0.6) is 0 Å². The number of hydrogen-bond acceptors (Lipinski definition) is 3. The van der Waals surface area contributed by atoms with Crippen LogP contribution in [0.2, 0.25) is 0 Å². The standard InChI is InChI=1S/C17H14N2OS2/c1-13-7-9-14(10-8-13)22(20)19-17(16-6-4-12-21-16)15-5-2-3-11-18-15/h2-12H,1H3/b19-17-. The van der Waals surface area contributed by atoms with E-state index in [2.05, 4.69) is 9.38 Å². The van der Waals surface area contributed by atoms with E-state index in [0.29, 0.717) is 10.6 Å². The van der Waals surface area contributed by atoms with Crippen molar-refractivity contribution < 1.29 is 4.21 Å². The minimum absolute atomic E-state index is 0.662. The third-order valence-electron chi connectivity index (χ3n) is 3.06. The van der Waals surface area contributed by atoms with E-state index in [4.69, 9.17) is 0 Å². The molecule has 1 unspecified atom stereocenters. The summed E-state index contributed by atoms with van der Waals surface area (Å²) in [4.78, 5) is 5.99. The molecule has 0 aliphatic carbocycles. The van der Waals surface area contributed by atoms with Crippen LogP contribution in [0.4, 0.5) is 0 Å². The monoisotopic (exact) mass is 326 g/mol. The van der Waals surface area contributed by atoms with Crippen LogP contribution in [-0.4, -0.2) is 14.9 Å². The molecule has 110 valence electrons. The maximum Gasteiger partial charge on any atom is 0.173 e. The van der Waals surface area contributed by atoms with Crippen LogP contribution < -0.4 is 0 Å². The summed E-state index contributed by atoms with van der Waals surface area (Å²) in [6, 6.07) is 17.1. The molecule has 0 aliphatic rings. The van der Waals surface area contributed by atoms with Crippen molar-refractivity contribution in [3.8, 4) is 0 Å². The van der Waals surface area contributed by atoms with Crippen LogP contribution in [0.1, 0.15) is 16.1 Å². The summed E-state index contributed by atoms with van der Waals surface area (Å²) in [5.74, 6) is 0. The predicted molar refractivity (Wildman–Crippen MR) is 91.8 cm³/mol. The van der Waals surface area contributed by atoms with E-state index in [1.807, 2.05) is 66.9 Å². The molecule has 2 aromatic heterocycles. The molecular formula is C17H14N2OS2. The Labute approximate surface area is 136 Å². The number of aryl methyl sites for hydroxylation is 1. The second-order valence-electron chi connectivity index (χ2n) is 4.69. The normalized spacial score (nSPS) is 13.0. The largest absolute Gasteiger partial charge is 0.255 e. The van der Waals surface area contributed by atoms with Gasteiger partial charge in [0, 0.05) is 6.20 Å². The van der Waals surface area contributed by atoms with E-state index < -0.39 is 11.0 Å². The number of hydrogen-bond donors (Lipinski definition) is 0. The number of thiophene rings is 1. The van der Waals surface area contributed by atoms with Gasteiger partial charge in [-0.3, -0.25) is 4.98 Å². The van der Waals surface area contributed by atoms with Crippen LogP contribution in [0.3, 0.4) is 0 Å². The molecule has 0 radical (unpaired) electrons. The lowest BCUT2D eigenvalue weighted by atomic mass is 10.2. The highest BCUT2D eigenvalue weighted by atomic mass is 32.2. The first-order valence-corrected chi connectivity index (χ1v) is 8.75. The molecule has 3 rings (SSSR count). The summed E-state index contributed by atoms with van der Waals surface area (Å²) < 4.78 is 17.0. The minimum atomic E-state index is -1.45. The van der Waals surface area contributed by atoms with Crippen molar-refractivity contribution in [2.24, 2.45) is 4.40 Å². The molecule has 22 heavy (non-hydrogen) atoms. The lowest BCUT2D eigenvalue weighted by Crippen LogP contribution is -2.05. The number of aromatic nitrogens is 1. The molecule has 3 nitrogen and oxygen atoms in total. The van der Waals surface area contributed by atoms with E-state index in [1.54, 1.807) is 17.5 Å². The average Bonchev–Trinajstić information content (AvgIpc) is 3.08. The van der Waals surface area contributed by atoms with E-state index >= 15 is 0 Å². The van der Waals surface area contributed by atoms with Crippen molar-refractivity contribution >= 4 is 28.0 Å². The van der Waals surface area contributed by atoms with Crippen molar-refractivity contribution in [2.75, 3.05) is 0 Å². The van der Waals surface area contributed by atoms with Crippen LogP contribution in [0.25, 0.3) is 0 Å². The van der Waals surface area contributed by atoms with Gasteiger partial charge in [-0.25, -0.2) is 4.21 Å². The van der Waals surface area contributed by atoms with Gasteiger partial charge in [-0.1, -0.05) is 29.8 Å². The second-order valence-corrected chi connectivity index (χ2v) is 6.79. The van der Waals surface area contributed by atoms with Crippen molar-refractivity contribution in [1.29, 1.82) is 0 Å². The second kappa shape index (κ2) is 6.77. The molecule has 0 saturated heterocycles. The molecule has 2 heterocycles. The molecule has 0 saturated carbocycles. The Kier molecular flexibility index (Phi) is 4.56. The molecule has 0 bridgehead atoms. The summed E-state index contributed by atoms with van der Waals surface area (Å²) in [6.07, 6.45) is 1.72. The summed E-state index contributed by atoms with van der Waals surface area (Å²) >= 11 is 1.56. The van der Waals surface area contributed by atoms with Crippen LogP contribution in [0, 0.1) is 6.92 Å². The number of nitrogens with zero attached hydrogens (tertiary/aromatic N) is 2. The SMILES string of the molecule is Cc1ccc(S(=O)/N=C(/c2ccccn2)c2cccs2)cc1. The zero-order valence-electron chi connectivity index (χ0n) is 12.0. The van der Waals surface area contributed by atoms with Gasteiger partial charge in [0.2, 0.25) is 0 Å². The molecule has 0 spiro atoms. The van der Waals surface area contributed by atoms with Crippen LogP contribution in [-0.2, 0) is 11.0 Å². The zero-order valence-corrected chi connectivity index (χ0v) is 13.6. The minimum Gasteiger partial charge on any atom is -0.255 e. The Morgan fingerprint density at radius 3 is 2.55 bits per heavy atom. The maximum atomic E-state index is 12.5. The third kappa shape index (κ3) is 3.37. The number of rotatable bonds is 4. The lowest BCUT2D eigenvalue weighted by Gasteiger charge is -2.04. The van der Waals surface area contributed by atoms with Gasteiger partial charge in [-0.2, -0.15) is 4.40 Å². The maximum absolute atomic E-state index is 12.5. The first kappa shape index (κ1) is 14.8. The van der Waals surface area contributed by atoms with Gasteiger partial charge < -0.3 is 0 Å². The Morgan fingerprint density at radius 1 is 1.09 bits per heavy atom. The van der Waals surface area contributed by atoms with Crippen LogP contribution in [0.15, 0.2) is 75.5 Å². The van der Waals surface area contributed by atoms with E-state index in [1.165, 1.54) is 0 Å². The zero-order chi connectivity index (χ0) is 15.4. The highest BCUT2D eigenvalue weighted by Gasteiger charge is 2.12. The smallest absolute Gasteiger partial charge is 0.173 e. The number of pyridine rings is 1. The van der Waals surface area contributed by atoms with Crippen molar-refractivity contribution in [2.45, 2.75) is 11.8 Å². The summed E-state index contributed by atoms with van der Waals surface area (Å²) in [5.41, 5.74) is 2.52. The number of benzene rings is 1. The van der Waals surface area contributed by atoms with E-state index in [0.717, 1.165) is 16.1 Å². The van der Waals surface area contributed by atoms with Gasteiger partial charge in [0.15, 0.2) is 11.0 Å². The quantitative estimate of drug-likeness (QED) is 0.680.